The summed E-state index contributed by atoms with van der Waals surface area (Å²) in [6.07, 6.45) is -1.06. The molecule has 98 valence electrons. The Labute approximate surface area is 123 Å². The normalized spacial score (nSPS) is 11.9. The van der Waals surface area contributed by atoms with Gasteiger partial charge in [-0.1, -0.05) is 41.9 Å². The molecule has 0 aliphatic rings. The van der Waals surface area contributed by atoms with Crippen LogP contribution in [-0.2, 0) is 4.79 Å². The highest BCUT2D eigenvalue weighted by Gasteiger charge is 2.22. The van der Waals surface area contributed by atoms with Crippen LogP contribution in [0.5, 0.6) is 5.75 Å². The third-order valence-corrected chi connectivity index (χ3v) is 3.32. The predicted octanol–water partition coefficient (Wildman–Crippen LogP) is 4.31. The van der Waals surface area contributed by atoms with E-state index in [1.54, 1.807) is 42.5 Å². The second kappa shape index (κ2) is 6.08. The van der Waals surface area contributed by atoms with E-state index in [4.69, 9.17) is 16.3 Å². The maximum absolute atomic E-state index is 11.3. The van der Waals surface area contributed by atoms with Gasteiger partial charge in [-0.15, -0.1) is 0 Å². The SMILES string of the molecule is O=C(O)C(Oc1ccc(Cl)cc1Br)c1ccccc1. The maximum atomic E-state index is 11.3. The zero-order valence-electron chi connectivity index (χ0n) is 9.72. The highest BCUT2D eigenvalue weighted by molar-refractivity contribution is 9.10. The van der Waals surface area contributed by atoms with E-state index in [-0.39, 0.29) is 0 Å². The van der Waals surface area contributed by atoms with Crippen LogP contribution in [-0.4, -0.2) is 11.1 Å². The largest absolute Gasteiger partial charge is 0.478 e. The molecule has 2 rings (SSSR count). The Hall–Kier alpha value is -1.52. The first-order chi connectivity index (χ1) is 9.08. The predicted molar refractivity (Wildman–Crippen MR) is 76.6 cm³/mol. The van der Waals surface area contributed by atoms with Gasteiger partial charge < -0.3 is 9.84 Å². The van der Waals surface area contributed by atoms with Crippen molar-refractivity contribution in [2.24, 2.45) is 0 Å². The number of hydrogen-bond donors (Lipinski definition) is 1. The van der Waals surface area contributed by atoms with E-state index < -0.39 is 12.1 Å². The molecule has 1 atom stereocenters. The van der Waals surface area contributed by atoms with Crippen molar-refractivity contribution in [1.29, 1.82) is 0 Å². The number of carbonyl (C=O) groups is 1. The Bertz CT molecular complexity index is 586. The molecule has 19 heavy (non-hydrogen) atoms. The molecular formula is C14H10BrClO3. The van der Waals surface area contributed by atoms with Crippen LogP contribution in [0.25, 0.3) is 0 Å². The van der Waals surface area contributed by atoms with Crippen LogP contribution < -0.4 is 4.74 Å². The average Bonchev–Trinajstić information content (AvgIpc) is 2.38. The third-order valence-electron chi connectivity index (χ3n) is 2.47. The summed E-state index contributed by atoms with van der Waals surface area (Å²) in [7, 11) is 0. The maximum Gasteiger partial charge on any atom is 0.349 e. The molecule has 5 heteroatoms. The summed E-state index contributed by atoms with van der Waals surface area (Å²) >= 11 is 9.13. The molecule has 0 aliphatic carbocycles. The number of aliphatic carboxylic acids is 1. The Kier molecular flexibility index (Phi) is 4.45. The number of rotatable bonds is 4. The molecule has 0 heterocycles. The van der Waals surface area contributed by atoms with Crippen LogP contribution in [0.4, 0.5) is 0 Å². The molecular weight excluding hydrogens is 332 g/mol. The molecule has 0 radical (unpaired) electrons. The van der Waals surface area contributed by atoms with Gasteiger partial charge in [0, 0.05) is 10.6 Å². The van der Waals surface area contributed by atoms with Crippen LogP contribution in [0.15, 0.2) is 53.0 Å². The summed E-state index contributed by atoms with van der Waals surface area (Å²) < 4.78 is 6.16. The van der Waals surface area contributed by atoms with Crippen molar-refractivity contribution >= 4 is 33.5 Å². The molecule has 0 bridgehead atoms. The minimum Gasteiger partial charge on any atom is -0.478 e. The van der Waals surface area contributed by atoms with E-state index in [9.17, 15) is 9.90 Å². The monoisotopic (exact) mass is 340 g/mol. The van der Waals surface area contributed by atoms with Gasteiger partial charge in [0.05, 0.1) is 4.47 Å². The lowest BCUT2D eigenvalue weighted by atomic mass is 10.1. The number of halogens is 2. The second-order valence-electron chi connectivity index (χ2n) is 3.82. The van der Waals surface area contributed by atoms with E-state index in [2.05, 4.69) is 15.9 Å². The smallest absolute Gasteiger partial charge is 0.349 e. The van der Waals surface area contributed by atoms with E-state index in [0.29, 0.717) is 20.8 Å². The van der Waals surface area contributed by atoms with E-state index in [0.717, 1.165) is 0 Å². The van der Waals surface area contributed by atoms with Crippen LogP contribution >= 0.6 is 27.5 Å². The van der Waals surface area contributed by atoms with E-state index in [1.165, 1.54) is 0 Å². The first kappa shape index (κ1) is 13.9. The fourth-order valence-electron chi connectivity index (χ4n) is 1.59. The Morgan fingerprint density at radius 1 is 1.21 bits per heavy atom. The molecule has 0 saturated heterocycles. The summed E-state index contributed by atoms with van der Waals surface area (Å²) in [6.45, 7) is 0. The molecule has 0 fully saturated rings. The zero-order chi connectivity index (χ0) is 13.8. The first-order valence-electron chi connectivity index (χ1n) is 5.47. The van der Waals surface area contributed by atoms with Crippen LogP contribution in [0.1, 0.15) is 11.7 Å². The molecule has 2 aromatic rings. The van der Waals surface area contributed by atoms with Gasteiger partial charge in [-0.3, -0.25) is 0 Å². The fourth-order valence-corrected chi connectivity index (χ4v) is 2.36. The topological polar surface area (TPSA) is 46.5 Å². The van der Waals surface area contributed by atoms with E-state index in [1.807, 2.05) is 6.07 Å². The van der Waals surface area contributed by atoms with Gasteiger partial charge in [0.1, 0.15) is 5.75 Å². The van der Waals surface area contributed by atoms with Crippen molar-refractivity contribution in [1.82, 2.24) is 0 Å². The van der Waals surface area contributed by atoms with Crippen molar-refractivity contribution in [3.8, 4) is 5.75 Å². The summed E-state index contributed by atoms with van der Waals surface area (Å²) in [5.74, 6) is -0.617. The average molecular weight is 342 g/mol. The summed E-state index contributed by atoms with van der Waals surface area (Å²) in [4.78, 5) is 11.3. The van der Waals surface area contributed by atoms with Crippen molar-refractivity contribution in [2.45, 2.75) is 6.10 Å². The third kappa shape index (κ3) is 3.49. The van der Waals surface area contributed by atoms with Gasteiger partial charge >= 0.3 is 5.97 Å². The Morgan fingerprint density at radius 2 is 1.89 bits per heavy atom. The number of carboxylic acids is 1. The van der Waals surface area contributed by atoms with Crippen LogP contribution in [0, 0.1) is 0 Å². The molecule has 1 N–H and O–H groups in total. The Balaban J connectivity index is 2.29. The van der Waals surface area contributed by atoms with Crippen molar-refractivity contribution in [2.75, 3.05) is 0 Å². The Morgan fingerprint density at radius 3 is 2.47 bits per heavy atom. The van der Waals surface area contributed by atoms with Crippen molar-refractivity contribution in [3.63, 3.8) is 0 Å². The number of carboxylic acid groups (broad SMARTS) is 1. The first-order valence-corrected chi connectivity index (χ1v) is 6.64. The molecule has 0 aliphatic heterocycles. The number of benzene rings is 2. The molecule has 0 amide bonds. The fraction of sp³-hybridized carbons (Fsp3) is 0.0714. The summed E-state index contributed by atoms with van der Waals surface area (Å²) in [5, 5.41) is 9.81. The highest BCUT2D eigenvalue weighted by Crippen LogP contribution is 2.31. The van der Waals surface area contributed by atoms with Gasteiger partial charge in [0.15, 0.2) is 0 Å². The quantitative estimate of drug-likeness (QED) is 0.901. The minimum absolute atomic E-state index is 0.431. The molecule has 2 aromatic carbocycles. The van der Waals surface area contributed by atoms with Crippen molar-refractivity contribution < 1.29 is 14.6 Å². The minimum atomic E-state index is -1.06. The summed E-state index contributed by atoms with van der Waals surface area (Å²) in [6, 6.07) is 13.7. The zero-order valence-corrected chi connectivity index (χ0v) is 12.1. The lowest BCUT2D eigenvalue weighted by molar-refractivity contribution is -0.145. The molecule has 1 unspecified atom stereocenters. The van der Waals surface area contributed by atoms with Gasteiger partial charge in [-0.25, -0.2) is 4.79 Å². The highest BCUT2D eigenvalue weighted by atomic mass is 79.9. The lowest BCUT2D eigenvalue weighted by Crippen LogP contribution is -2.18. The lowest BCUT2D eigenvalue weighted by Gasteiger charge is -2.16. The molecule has 0 aromatic heterocycles. The van der Waals surface area contributed by atoms with Crippen LogP contribution in [0.2, 0.25) is 5.02 Å². The van der Waals surface area contributed by atoms with Crippen molar-refractivity contribution in [3.05, 3.63) is 63.6 Å². The standard InChI is InChI=1S/C14H10BrClO3/c15-11-8-10(16)6-7-12(11)19-13(14(17)18)9-4-2-1-3-5-9/h1-8,13H,(H,17,18). The molecule has 3 nitrogen and oxygen atoms in total. The van der Waals surface area contributed by atoms with Gasteiger partial charge in [-0.05, 0) is 34.1 Å². The van der Waals surface area contributed by atoms with Crippen LogP contribution in [0.3, 0.4) is 0 Å². The molecule has 0 saturated carbocycles. The number of ether oxygens (including phenoxy) is 1. The van der Waals surface area contributed by atoms with Gasteiger partial charge in [-0.2, -0.15) is 0 Å². The number of hydrogen-bond acceptors (Lipinski definition) is 2. The second-order valence-corrected chi connectivity index (χ2v) is 5.11. The van der Waals surface area contributed by atoms with Gasteiger partial charge in [0.25, 0.3) is 0 Å². The van der Waals surface area contributed by atoms with Gasteiger partial charge in [0.2, 0.25) is 6.10 Å². The summed E-state index contributed by atoms with van der Waals surface area (Å²) in [5.41, 5.74) is 0.580. The molecule has 0 spiro atoms. The van der Waals surface area contributed by atoms with E-state index >= 15 is 0 Å².